The molecule has 3 nitrogen and oxygen atoms in total. The van der Waals surface area contributed by atoms with E-state index in [9.17, 15) is 9.90 Å². The van der Waals surface area contributed by atoms with Crippen molar-refractivity contribution in [1.82, 2.24) is 0 Å². The summed E-state index contributed by atoms with van der Waals surface area (Å²) in [7, 11) is 0. The number of rotatable bonds is 2. The summed E-state index contributed by atoms with van der Waals surface area (Å²) in [6, 6.07) is 7.35. The number of nitrogens with zero attached hydrogens (tertiary/aromatic N) is 1. The van der Waals surface area contributed by atoms with Gasteiger partial charge in [0.05, 0.1) is 6.54 Å². The fraction of sp³-hybridized carbons (Fsp3) is 0.438. The molecule has 1 unspecified atom stereocenters. The van der Waals surface area contributed by atoms with Gasteiger partial charge in [-0.3, -0.25) is 0 Å². The lowest BCUT2D eigenvalue weighted by molar-refractivity contribution is -0.138. The maximum Gasteiger partial charge on any atom is 0.326 e. The van der Waals surface area contributed by atoms with Crippen molar-refractivity contribution in [2.75, 3.05) is 11.4 Å². The minimum atomic E-state index is -0.784. The standard InChI is InChI=1S/C16H19NO2/c1-16(2,3)9-6-10-17-13-8-5-4-7-12(13)11-14(17)15(18)19/h4-5,7-8,14H,10-11H2,1-3H3,(H,18,19). The molecule has 0 saturated carbocycles. The predicted octanol–water partition coefficient (Wildman–Crippen LogP) is 2.55. The third-order valence-corrected chi connectivity index (χ3v) is 3.09. The number of aliphatic carboxylic acids is 1. The summed E-state index contributed by atoms with van der Waals surface area (Å²) in [6.45, 7) is 6.61. The van der Waals surface area contributed by atoms with Crippen molar-refractivity contribution in [1.29, 1.82) is 0 Å². The van der Waals surface area contributed by atoms with Crippen LogP contribution in [0.4, 0.5) is 5.69 Å². The molecule has 1 atom stereocenters. The molecule has 1 aromatic carbocycles. The Balaban J connectivity index is 2.24. The van der Waals surface area contributed by atoms with E-state index in [2.05, 4.69) is 11.8 Å². The van der Waals surface area contributed by atoms with E-state index in [1.807, 2.05) is 49.9 Å². The summed E-state index contributed by atoms with van der Waals surface area (Å²) in [5, 5.41) is 9.33. The number of fused-ring (bicyclic) bond motifs is 1. The summed E-state index contributed by atoms with van der Waals surface area (Å²) in [4.78, 5) is 13.2. The lowest BCUT2D eigenvalue weighted by Gasteiger charge is -2.22. The molecule has 0 aliphatic carbocycles. The minimum absolute atomic E-state index is 0.0576. The molecule has 0 fully saturated rings. The van der Waals surface area contributed by atoms with Crippen molar-refractivity contribution in [3.8, 4) is 11.8 Å². The van der Waals surface area contributed by atoms with Crippen molar-refractivity contribution in [3.63, 3.8) is 0 Å². The molecule has 1 aliphatic heterocycles. The van der Waals surface area contributed by atoms with Crippen molar-refractivity contribution in [3.05, 3.63) is 29.8 Å². The van der Waals surface area contributed by atoms with Gasteiger partial charge in [0.25, 0.3) is 0 Å². The summed E-state index contributed by atoms with van der Waals surface area (Å²) in [6.07, 6.45) is 0.558. The van der Waals surface area contributed by atoms with Crippen molar-refractivity contribution in [2.24, 2.45) is 5.41 Å². The molecule has 0 spiro atoms. The summed E-state index contributed by atoms with van der Waals surface area (Å²) in [5.74, 6) is 5.48. The van der Waals surface area contributed by atoms with Crippen LogP contribution in [0.25, 0.3) is 0 Å². The quantitative estimate of drug-likeness (QED) is 0.828. The van der Waals surface area contributed by atoms with Gasteiger partial charge in [-0.2, -0.15) is 0 Å². The van der Waals surface area contributed by atoms with Gasteiger partial charge in [-0.15, -0.1) is 0 Å². The number of anilines is 1. The second-order valence-corrected chi connectivity index (χ2v) is 5.87. The molecule has 1 heterocycles. The Morgan fingerprint density at radius 2 is 2.11 bits per heavy atom. The fourth-order valence-corrected chi connectivity index (χ4v) is 2.26. The Bertz CT molecular complexity index is 546. The van der Waals surface area contributed by atoms with Crippen LogP contribution >= 0.6 is 0 Å². The third-order valence-electron chi connectivity index (χ3n) is 3.09. The molecular weight excluding hydrogens is 238 g/mol. The Labute approximate surface area is 114 Å². The molecule has 3 heteroatoms. The molecule has 0 saturated heterocycles. The zero-order valence-corrected chi connectivity index (χ0v) is 11.6. The normalized spacial score (nSPS) is 17.6. The van der Waals surface area contributed by atoms with E-state index < -0.39 is 12.0 Å². The first kappa shape index (κ1) is 13.5. The first-order chi connectivity index (χ1) is 8.88. The van der Waals surface area contributed by atoms with Crippen LogP contribution in [0.1, 0.15) is 26.3 Å². The van der Waals surface area contributed by atoms with E-state index in [1.54, 1.807) is 0 Å². The minimum Gasteiger partial charge on any atom is -0.480 e. The topological polar surface area (TPSA) is 40.5 Å². The summed E-state index contributed by atoms with van der Waals surface area (Å²) < 4.78 is 0. The van der Waals surface area contributed by atoms with Gasteiger partial charge in [-0.1, -0.05) is 30.0 Å². The lowest BCUT2D eigenvalue weighted by atomic mass is 9.98. The van der Waals surface area contributed by atoms with E-state index in [4.69, 9.17) is 0 Å². The highest BCUT2D eigenvalue weighted by Gasteiger charge is 2.33. The van der Waals surface area contributed by atoms with E-state index in [0.29, 0.717) is 13.0 Å². The predicted molar refractivity (Wildman–Crippen MR) is 76.1 cm³/mol. The fourth-order valence-electron chi connectivity index (χ4n) is 2.26. The third kappa shape index (κ3) is 3.08. The summed E-state index contributed by atoms with van der Waals surface area (Å²) in [5.41, 5.74) is 2.03. The van der Waals surface area contributed by atoms with Crippen LogP contribution in [0.15, 0.2) is 24.3 Å². The van der Waals surface area contributed by atoms with Crippen LogP contribution < -0.4 is 4.90 Å². The molecule has 1 aromatic rings. The Morgan fingerprint density at radius 3 is 2.74 bits per heavy atom. The molecule has 2 rings (SSSR count). The van der Waals surface area contributed by atoms with Crippen LogP contribution in [0.2, 0.25) is 0 Å². The SMILES string of the molecule is CC(C)(C)C#CCN1c2ccccc2CC1C(=O)O. The van der Waals surface area contributed by atoms with E-state index in [0.717, 1.165) is 11.3 Å². The van der Waals surface area contributed by atoms with Gasteiger partial charge in [0.2, 0.25) is 0 Å². The average Bonchev–Trinajstić information content (AvgIpc) is 2.67. The van der Waals surface area contributed by atoms with Crippen LogP contribution in [0.3, 0.4) is 0 Å². The van der Waals surface area contributed by atoms with Crippen LogP contribution in [-0.2, 0) is 11.2 Å². The second kappa shape index (κ2) is 4.97. The molecule has 1 N–H and O–H groups in total. The van der Waals surface area contributed by atoms with Gasteiger partial charge in [-0.25, -0.2) is 4.79 Å². The molecular formula is C16H19NO2. The molecule has 0 bridgehead atoms. The number of carboxylic acids is 1. The number of carboxylic acid groups (broad SMARTS) is 1. The second-order valence-electron chi connectivity index (χ2n) is 5.87. The highest BCUT2D eigenvalue weighted by Crippen LogP contribution is 2.31. The van der Waals surface area contributed by atoms with Gasteiger partial charge in [0, 0.05) is 17.5 Å². The van der Waals surface area contributed by atoms with Gasteiger partial charge in [0.15, 0.2) is 0 Å². The molecule has 100 valence electrons. The number of hydrogen-bond donors (Lipinski definition) is 1. The highest BCUT2D eigenvalue weighted by molar-refractivity contribution is 5.82. The first-order valence-electron chi connectivity index (χ1n) is 6.46. The number of carbonyl (C=O) groups is 1. The maximum absolute atomic E-state index is 11.4. The number of benzene rings is 1. The van der Waals surface area contributed by atoms with Crippen molar-refractivity contribution < 1.29 is 9.90 Å². The average molecular weight is 257 g/mol. The molecule has 0 amide bonds. The zero-order chi connectivity index (χ0) is 14.0. The highest BCUT2D eigenvalue weighted by atomic mass is 16.4. The Hall–Kier alpha value is -1.95. The van der Waals surface area contributed by atoms with E-state index in [1.165, 1.54) is 0 Å². The molecule has 1 aliphatic rings. The molecule has 0 radical (unpaired) electrons. The largest absolute Gasteiger partial charge is 0.480 e. The first-order valence-corrected chi connectivity index (χ1v) is 6.46. The summed E-state index contributed by atoms with van der Waals surface area (Å²) >= 11 is 0. The number of hydrogen-bond acceptors (Lipinski definition) is 2. The maximum atomic E-state index is 11.4. The Morgan fingerprint density at radius 1 is 1.42 bits per heavy atom. The monoisotopic (exact) mass is 257 g/mol. The van der Waals surface area contributed by atoms with Gasteiger partial charge in [0.1, 0.15) is 6.04 Å². The van der Waals surface area contributed by atoms with Crippen LogP contribution in [0, 0.1) is 17.3 Å². The zero-order valence-electron chi connectivity index (χ0n) is 11.6. The lowest BCUT2D eigenvalue weighted by Crippen LogP contribution is -2.38. The van der Waals surface area contributed by atoms with Gasteiger partial charge < -0.3 is 10.0 Å². The number of para-hydroxylation sites is 1. The van der Waals surface area contributed by atoms with E-state index in [-0.39, 0.29) is 5.41 Å². The molecule has 0 aromatic heterocycles. The van der Waals surface area contributed by atoms with Crippen molar-refractivity contribution in [2.45, 2.75) is 33.2 Å². The van der Waals surface area contributed by atoms with Gasteiger partial charge in [-0.05, 0) is 32.4 Å². The molecule has 19 heavy (non-hydrogen) atoms. The van der Waals surface area contributed by atoms with Crippen LogP contribution in [-0.4, -0.2) is 23.7 Å². The smallest absolute Gasteiger partial charge is 0.326 e. The Kier molecular flexibility index (Phi) is 3.53. The van der Waals surface area contributed by atoms with Gasteiger partial charge >= 0.3 is 5.97 Å². The van der Waals surface area contributed by atoms with E-state index >= 15 is 0 Å². The van der Waals surface area contributed by atoms with Crippen LogP contribution in [0.5, 0.6) is 0 Å². The van der Waals surface area contributed by atoms with Crippen molar-refractivity contribution >= 4 is 11.7 Å².